The van der Waals surface area contributed by atoms with Crippen molar-refractivity contribution in [3.63, 3.8) is 0 Å². The molecule has 0 radical (unpaired) electrons. The van der Waals surface area contributed by atoms with Crippen molar-refractivity contribution in [2.45, 2.75) is 56.5 Å². The van der Waals surface area contributed by atoms with Crippen LogP contribution in [0.3, 0.4) is 0 Å². The van der Waals surface area contributed by atoms with Gasteiger partial charge in [-0.25, -0.2) is 0 Å². The van der Waals surface area contributed by atoms with Crippen molar-refractivity contribution < 1.29 is 5.32 Å². The Balaban J connectivity index is 1.93. The van der Waals surface area contributed by atoms with Crippen LogP contribution < -0.4 is 5.32 Å². The Labute approximate surface area is 110 Å². The van der Waals surface area contributed by atoms with E-state index in [1.165, 1.54) is 38.5 Å². The van der Waals surface area contributed by atoms with Crippen LogP contribution in [0.4, 0.5) is 0 Å². The first-order chi connectivity index (χ1) is 8.83. The molecule has 0 amide bonds. The molecule has 1 spiro atoms. The average molecular weight is 242 g/mol. The highest BCUT2D eigenvalue weighted by molar-refractivity contribution is 5.32. The van der Waals surface area contributed by atoms with Crippen molar-refractivity contribution in [3.8, 4) is 0 Å². The van der Waals surface area contributed by atoms with Crippen LogP contribution in [0.15, 0.2) is 36.9 Å². The molecule has 1 saturated carbocycles. The van der Waals surface area contributed by atoms with Gasteiger partial charge in [-0.05, 0) is 18.4 Å². The van der Waals surface area contributed by atoms with E-state index >= 15 is 0 Å². The van der Waals surface area contributed by atoms with Crippen molar-refractivity contribution in [2.75, 3.05) is 0 Å². The highest BCUT2D eigenvalue weighted by Crippen LogP contribution is 2.34. The van der Waals surface area contributed by atoms with Gasteiger partial charge in [0.25, 0.3) is 0 Å². The van der Waals surface area contributed by atoms with Gasteiger partial charge < -0.3 is 5.32 Å². The lowest BCUT2D eigenvalue weighted by Crippen LogP contribution is -2.99. The fourth-order valence-corrected chi connectivity index (χ4v) is 3.99. The van der Waals surface area contributed by atoms with Crippen molar-refractivity contribution in [2.24, 2.45) is 0 Å². The van der Waals surface area contributed by atoms with Gasteiger partial charge in [0.15, 0.2) is 0 Å². The van der Waals surface area contributed by atoms with E-state index in [1.54, 1.807) is 11.1 Å². The molecule has 1 unspecified atom stereocenters. The molecule has 0 aromatic heterocycles. The van der Waals surface area contributed by atoms with Crippen LogP contribution >= 0.6 is 0 Å². The number of benzene rings is 1. The van der Waals surface area contributed by atoms with E-state index in [0.717, 1.165) is 6.42 Å². The van der Waals surface area contributed by atoms with Crippen LogP contribution in [0, 0.1) is 0 Å². The second kappa shape index (κ2) is 4.89. The van der Waals surface area contributed by atoms with Crippen LogP contribution in [0.5, 0.6) is 0 Å². The Kier molecular flexibility index (Phi) is 3.25. The first kappa shape index (κ1) is 12.0. The summed E-state index contributed by atoms with van der Waals surface area (Å²) < 4.78 is 0. The molecule has 1 fully saturated rings. The van der Waals surface area contributed by atoms with Gasteiger partial charge in [0.2, 0.25) is 0 Å². The smallest absolute Gasteiger partial charge is 0.116 e. The van der Waals surface area contributed by atoms with Crippen molar-refractivity contribution >= 4 is 0 Å². The van der Waals surface area contributed by atoms with E-state index in [9.17, 15) is 0 Å². The largest absolute Gasteiger partial charge is 0.335 e. The van der Waals surface area contributed by atoms with Crippen LogP contribution in [-0.4, -0.2) is 5.54 Å². The minimum atomic E-state index is 0.500. The number of hydrogen-bond donors (Lipinski definition) is 1. The molecule has 1 heteroatoms. The van der Waals surface area contributed by atoms with Crippen LogP contribution in [0.25, 0.3) is 0 Å². The standard InChI is InChI=1S/C17H23N/c1-2-8-16-15-10-5-4-9-14(15)13-17(18-16)11-6-3-7-12-17/h2,4-5,9-10,16,18H,1,3,6-8,11-13H2/p+1. The Bertz CT molecular complexity index is 429. The van der Waals surface area contributed by atoms with Crippen LogP contribution in [0.1, 0.15) is 55.7 Å². The molecule has 1 heterocycles. The van der Waals surface area contributed by atoms with Gasteiger partial charge in [-0.2, -0.15) is 0 Å². The number of hydrogen-bond acceptors (Lipinski definition) is 0. The predicted octanol–water partition coefficient (Wildman–Crippen LogP) is 3.13. The highest BCUT2D eigenvalue weighted by Gasteiger charge is 2.42. The topological polar surface area (TPSA) is 16.6 Å². The van der Waals surface area contributed by atoms with E-state index in [1.807, 2.05) is 0 Å². The summed E-state index contributed by atoms with van der Waals surface area (Å²) in [4.78, 5) is 0. The lowest BCUT2D eigenvalue weighted by molar-refractivity contribution is -0.769. The molecule has 1 aromatic rings. The van der Waals surface area contributed by atoms with Gasteiger partial charge in [-0.15, -0.1) is 6.58 Å². The van der Waals surface area contributed by atoms with Gasteiger partial charge in [-0.3, -0.25) is 0 Å². The third-order valence-electron chi connectivity index (χ3n) is 4.82. The summed E-state index contributed by atoms with van der Waals surface area (Å²) in [5.41, 5.74) is 3.64. The zero-order chi connectivity index (χ0) is 12.4. The molecule has 3 rings (SSSR count). The van der Waals surface area contributed by atoms with Gasteiger partial charge >= 0.3 is 0 Å². The van der Waals surface area contributed by atoms with E-state index in [0.29, 0.717) is 11.6 Å². The number of nitrogens with two attached hydrogens (primary N) is 1. The third kappa shape index (κ3) is 2.12. The summed E-state index contributed by atoms with van der Waals surface area (Å²) in [5, 5.41) is 2.68. The summed E-state index contributed by atoms with van der Waals surface area (Å²) in [7, 11) is 0. The minimum absolute atomic E-state index is 0.500. The molecule has 2 aliphatic rings. The Hall–Kier alpha value is -1.08. The summed E-state index contributed by atoms with van der Waals surface area (Å²) in [6.07, 6.45) is 11.5. The van der Waals surface area contributed by atoms with E-state index in [2.05, 4.69) is 42.2 Å². The summed E-state index contributed by atoms with van der Waals surface area (Å²) in [6, 6.07) is 9.64. The molecule has 0 saturated heterocycles. The molecule has 1 aliphatic carbocycles. The minimum Gasteiger partial charge on any atom is -0.335 e. The molecular weight excluding hydrogens is 218 g/mol. The summed E-state index contributed by atoms with van der Waals surface area (Å²) in [5.74, 6) is 0. The van der Waals surface area contributed by atoms with Gasteiger partial charge in [0.1, 0.15) is 11.6 Å². The summed E-state index contributed by atoms with van der Waals surface area (Å²) >= 11 is 0. The first-order valence-electron chi connectivity index (χ1n) is 7.38. The zero-order valence-corrected chi connectivity index (χ0v) is 11.2. The highest BCUT2D eigenvalue weighted by atomic mass is 15.0. The molecule has 96 valence electrons. The molecule has 1 atom stereocenters. The lowest BCUT2D eigenvalue weighted by atomic mass is 9.72. The predicted molar refractivity (Wildman–Crippen MR) is 75.4 cm³/mol. The first-order valence-corrected chi connectivity index (χ1v) is 7.38. The molecule has 1 nitrogen and oxygen atoms in total. The van der Waals surface area contributed by atoms with E-state index in [-0.39, 0.29) is 0 Å². The normalized spacial score (nSPS) is 25.7. The number of fused-ring (bicyclic) bond motifs is 1. The maximum atomic E-state index is 3.94. The lowest BCUT2D eigenvalue weighted by Gasteiger charge is -2.42. The Morgan fingerprint density at radius 1 is 1.22 bits per heavy atom. The fraction of sp³-hybridized carbons (Fsp3) is 0.529. The molecule has 1 aromatic carbocycles. The second-order valence-electron chi connectivity index (χ2n) is 6.10. The summed E-state index contributed by atoms with van der Waals surface area (Å²) in [6.45, 7) is 3.94. The monoisotopic (exact) mass is 242 g/mol. The molecular formula is C17H24N+. The van der Waals surface area contributed by atoms with Crippen LogP contribution in [0.2, 0.25) is 0 Å². The number of quaternary nitrogens is 1. The second-order valence-corrected chi connectivity index (χ2v) is 6.10. The zero-order valence-electron chi connectivity index (χ0n) is 11.2. The van der Waals surface area contributed by atoms with Gasteiger partial charge in [0.05, 0.1) is 0 Å². The molecule has 0 bridgehead atoms. The van der Waals surface area contributed by atoms with Gasteiger partial charge in [-0.1, -0.05) is 36.8 Å². The molecule has 2 N–H and O–H groups in total. The quantitative estimate of drug-likeness (QED) is 0.767. The van der Waals surface area contributed by atoms with Crippen LogP contribution in [-0.2, 0) is 6.42 Å². The van der Waals surface area contributed by atoms with Crippen molar-refractivity contribution in [3.05, 3.63) is 48.0 Å². The average Bonchev–Trinajstić information content (AvgIpc) is 2.40. The van der Waals surface area contributed by atoms with Gasteiger partial charge in [0, 0.05) is 31.2 Å². The van der Waals surface area contributed by atoms with E-state index < -0.39 is 0 Å². The maximum Gasteiger partial charge on any atom is 0.116 e. The third-order valence-corrected chi connectivity index (χ3v) is 4.82. The SMILES string of the molecule is C=CCC1[NH2+]C2(CCCCC2)Cc2ccccc21. The Morgan fingerprint density at radius 3 is 2.78 bits per heavy atom. The van der Waals surface area contributed by atoms with Crippen molar-refractivity contribution in [1.82, 2.24) is 0 Å². The number of rotatable bonds is 2. The Morgan fingerprint density at radius 2 is 2.00 bits per heavy atom. The van der Waals surface area contributed by atoms with E-state index in [4.69, 9.17) is 0 Å². The molecule has 18 heavy (non-hydrogen) atoms. The maximum absolute atomic E-state index is 3.94. The molecule has 1 aliphatic heterocycles. The van der Waals surface area contributed by atoms with Crippen molar-refractivity contribution in [1.29, 1.82) is 0 Å². The fourth-order valence-electron chi connectivity index (χ4n) is 3.99.